The quantitative estimate of drug-likeness (QED) is 0.266. The van der Waals surface area contributed by atoms with Gasteiger partial charge in [-0.1, -0.05) is 37.8 Å². The maximum Gasteiger partial charge on any atom is 0.422 e. The van der Waals surface area contributed by atoms with Crippen LogP contribution in [0, 0.1) is 0 Å². The fraction of sp³-hybridized carbons (Fsp3) is 0.500. The van der Waals surface area contributed by atoms with Gasteiger partial charge in [-0.15, -0.1) is 0 Å². The minimum absolute atomic E-state index is 0.00257. The zero-order chi connectivity index (χ0) is 29.1. The summed E-state index contributed by atoms with van der Waals surface area (Å²) in [5.74, 6) is -0.0231. The highest BCUT2D eigenvalue weighted by molar-refractivity contribution is 7.87. The molecule has 0 aliphatic carbocycles. The number of halogens is 4. The van der Waals surface area contributed by atoms with E-state index in [1.807, 2.05) is 11.6 Å². The third-order valence-corrected chi connectivity index (χ3v) is 6.94. The van der Waals surface area contributed by atoms with Crippen molar-refractivity contribution in [1.29, 1.82) is 0 Å². The van der Waals surface area contributed by atoms with Gasteiger partial charge in [-0.2, -0.15) is 25.9 Å². The van der Waals surface area contributed by atoms with Crippen LogP contribution in [0.3, 0.4) is 0 Å². The summed E-state index contributed by atoms with van der Waals surface area (Å²) in [5, 5.41) is -0.409. The number of hydrogen-bond donors (Lipinski definition) is 1. The standard InChI is InChI=1S/C24H31ClF3N3O7S/c1-4-5-6-7-10-31(2)39(33,34)30-23(32)37-16-17-8-9-19(36-12-11-35-3)14-21(17)38-22-20(25)13-18(15-29-22)24(26,27)28/h8-9,13-15H,4-7,10-12,16H2,1-3H3,(H,30,32). The molecule has 15 heteroatoms. The van der Waals surface area contributed by atoms with Crippen molar-refractivity contribution in [3.8, 4) is 17.4 Å². The largest absolute Gasteiger partial charge is 0.491 e. The number of unbranched alkanes of at least 4 members (excludes halogenated alkanes) is 3. The molecule has 0 spiro atoms. The summed E-state index contributed by atoms with van der Waals surface area (Å²) in [7, 11) is -1.29. The lowest BCUT2D eigenvalue weighted by atomic mass is 10.2. The minimum atomic E-state index is -4.65. The predicted octanol–water partition coefficient (Wildman–Crippen LogP) is 5.55. The van der Waals surface area contributed by atoms with Crippen LogP contribution in [-0.4, -0.2) is 57.7 Å². The lowest BCUT2D eigenvalue weighted by molar-refractivity contribution is -0.137. The van der Waals surface area contributed by atoms with Gasteiger partial charge in [0, 0.05) is 38.5 Å². The number of ether oxygens (including phenoxy) is 4. The summed E-state index contributed by atoms with van der Waals surface area (Å²) < 4.78 is 87.7. The van der Waals surface area contributed by atoms with Gasteiger partial charge >= 0.3 is 22.5 Å². The Balaban J connectivity index is 2.15. The molecule has 1 N–H and O–H groups in total. The van der Waals surface area contributed by atoms with E-state index in [1.54, 1.807) is 0 Å². The van der Waals surface area contributed by atoms with Crippen LogP contribution in [0.15, 0.2) is 30.5 Å². The molecule has 0 radical (unpaired) electrons. The summed E-state index contributed by atoms with van der Waals surface area (Å²) in [4.78, 5) is 15.9. The van der Waals surface area contributed by atoms with Crippen molar-refractivity contribution >= 4 is 27.9 Å². The SMILES string of the molecule is CCCCCCN(C)S(=O)(=O)NC(=O)OCc1ccc(OCCOC)cc1Oc1ncc(C(F)(F)F)cc1Cl. The molecule has 0 fully saturated rings. The van der Waals surface area contributed by atoms with Gasteiger partial charge in [0.15, 0.2) is 0 Å². The number of aromatic nitrogens is 1. The van der Waals surface area contributed by atoms with Crippen molar-refractivity contribution < 1.29 is 45.3 Å². The van der Waals surface area contributed by atoms with Crippen LogP contribution in [0.2, 0.25) is 5.02 Å². The zero-order valence-electron chi connectivity index (χ0n) is 21.7. The summed E-state index contributed by atoms with van der Waals surface area (Å²) >= 11 is 5.96. The molecule has 0 aliphatic heterocycles. The molecule has 0 atom stereocenters. The smallest absolute Gasteiger partial charge is 0.422 e. The number of alkyl halides is 3. The number of benzene rings is 1. The van der Waals surface area contributed by atoms with Gasteiger partial charge in [0.1, 0.15) is 29.7 Å². The fourth-order valence-electron chi connectivity index (χ4n) is 3.08. The number of carbonyl (C=O) groups is 1. The van der Waals surface area contributed by atoms with Crippen LogP contribution in [0.25, 0.3) is 0 Å². The van der Waals surface area contributed by atoms with E-state index in [-0.39, 0.29) is 37.0 Å². The highest BCUT2D eigenvalue weighted by Gasteiger charge is 2.32. The Kier molecular flexibility index (Phi) is 12.5. The van der Waals surface area contributed by atoms with E-state index in [4.69, 9.17) is 30.5 Å². The van der Waals surface area contributed by atoms with E-state index in [0.29, 0.717) is 24.4 Å². The second-order valence-electron chi connectivity index (χ2n) is 8.29. The highest BCUT2D eigenvalue weighted by Crippen LogP contribution is 2.36. The summed E-state index contributed by atoms with van der Waals surface area (Å²) in [6, 6.07) is 5.05. The monoisotopic (exact) mass is 597 g/mol. The summed E-state index contributed by atoms with van der Waals surface area (Å²) in [6.07, 6.45) is -1.86. The van der Waals surface area contributed by atoms with Gasteiger partial charge in [-0.3, -0.25) is 0 Å². The number of pyridine rings is 1. The van der Waals surface area contributed by atoms with Crippen LogP contribution in [0.1, 0.15) is 43.7 Å². The number of nitrogens with zero attached hydrogens (tertiary/aromatic N) is 2. The van der Waals surface area contributed by atoms with Crippen molar-refractivity contribution in [3.63, 3.8) is 0 Å². The molecule has 0 saturated carbocycles. The van der Waals surface area contributed by atoms with Gasteiger partial charge in [-0.25, -0.2) is 14.5 Å². The van der Waals surface area contributed by atoms with Gasteiger partial charge in [0.25, 0.3) is 0 Å². The van der Waals surface area contributed by atoms with E-state index >= 15 is 0 Å². The molecular formula is C24H31ClF3N3O7S. The van der Waals surface area contributed by atoms with Gasteiger partial charge in [0.05, 0.1) is 12.2 Å². The average Bonchev–Trinajstić information content (AvgIpc) is 2.86. The van der Waals surface area contributed by atoms with E-state index in [1.165, 1.54) is 32.4 Å². The second-order valence-corrected chi connectivity index (χ2v) is 10.5. The summed E-state index contributed by atoms with van der Waals surface area (Å²) in [6.45, 7) is 2.29. The van der Waals surface area contributed by atoms with E-state index < -0.39 is 39.7 Å². The summed E-state index contributed by atoms with van der Waals surface area (Å²) in [5.41, 5.74) is -0.833. The Labute approximate surface area is 230 Å². The molecule has 10 nitrogen and oxygen atoms in total. The molecule has 218 valence electrons. The van der Waals surface area contributed by atoms with Crippen molar-refractivity contribution in [1.82, 2.24) is 14.0 Å². The third-order valence-electron chi connectivity index (χ3n) is 5.24. The Morgan fingerprint density at radius 1 is 1.15 bits per heavy atom. The lowest BCUT2D eigenvalue weighted by Gasteiger charge is -2.18. The molecule has 39 heavy (non-hydrogen) atoms. The normalized spacial score (nSPS) is 11.9. The first-order valence-electron chi connectivity index (χ1n) is 11.9. The highest BCUT2D eigenvalue weighted by atomic mass is 35.5. The molecule has 0 unspecified atom stereocenters. The zero-order valence-corrected chi connectivity index (χ0v) is 23.3. The molecule has 2 rings (SSSR count). The number of carbonyl (C=O) groups excluding carboxylic acids is 1. The number of nitrogens with one attached hydrogen (secondary N) is 1. The maximum absolute atomic E-state index is 13.0. The molecular weight excluding hydrogens is 567 g/mol. The van der Waals surface area contributed by atoms with Crippen molar-refractivity contribution in [2.24, 2.45) is 0 Å². The molecule has 2 aromatic rings. The van der Waals surface area contributed by atoms with Gasteiger partial charge < -0.3 is 18.9 Å². The van der Waals surface area contributed by atoms with Crippen LogP contribution in [-0.2, 0) is 32.5 Å². The first-order valence-corrected chi connectivity index (χ1v) is 13.7. The lowest BCUT2D eigenvalue weighted by Crippen LogP contribution is -2.42. The number of hydrogen-bond acceptors (Lipinski definition) is 8. The molecule has 1 heterocycles. The van der Waals surface area contributed by atoms with Crippen LogP contribution in [0.4, 0.5) is 18.0 Å². The molecule has 0 aliphatic rings. The van der Waals surface area contributed by atoms with Crippen LogP contribution in [0.5, 0.6) is 17.4 Å². The molecule has 1 aromatic heterocycles. The Hall–Kier alpha value is -2.81. The minimum Gasteiger partial charge on any atom is -0.491 e. The molecule has 1 aromatic carbocycles. The Morgan fingerprint density at radius 2 is 1.90 bits per heavy atom. The fourth-order valence-corrected chi connectivity index (χ4v) is 4.08. The van der Waals surface area contributed by atoms with Gasteiger partial charge in [-0.05, 0) is 24.6 Å². The number of rotatable bonds is 15. The maximum atomic E-state index is 13.0. The average molecular weight is 598 g/mol. The van der Waals surface area contributed by atoms with Crippen molar-refractivity contribution in [2.45, 2.75) is 45.4 Å². The van der Waals surface area contributed by atoms with Crippen LogP contribution >= 0.6 is 11.6 Å². The third kappa shape index (κ3) is 10.7. The first kappa shape index (κ1) is 32.4. The molecule has 1 amide bonds. The Bertz CT molecular complexity index is 1200. The second kappa shape index (κ2) is 15.1. The first-order chi connectivity index (χ1) is 18.4. The van der Waals surface area contributed by atoms with E-state index in [9.17, 15) is 26.4 Å². The molecule has 0 saturated heterocycles. The van der Waals surface area contributed by atoms with Crippen molar-refractivity contribution in [3.05, 3.63) is 46.6 Å². The van der Waals surface area contributed by atoms with Crippen LogP contribution < -0.4 is 14.2 Å². The van der Waals surface area contributed by atoms with E-state index in [2.05, 4.69) is 4.98 Å². The number of methoxy groups -OCH3 is 1. The van der Waals surface area contributed by atoms with Crippen molar-refractivity contribution in [2.75, 3.05) is 33.9 Å². The number of amides is 1. The molecule has 0 bridgehead atoms. The predicted molar refractivity (Wildman–Crippen MR) is 137 cm³/mol. The van der Waals surface area contributed by atoms with E-state index in [0.717, 1.165) is 23.6 Å². The van der Waals surface area contributed by atoms with Gasteiger partial charge in [0.2, 0.25) is 5.88 Å². The Morgan fingerprint density at radius 3 is 2.54 bits per heavy atom. The topological polar surface area (TPSA) is 116 Å².